The standard InChI is InChI=1S/C17H23Cl2NOS/c18-14-4-3-5-15(19)13(14)8-10-21-17-7-2-1-6-16(17)20-9-11-22-12-20/h3-5,16-17H,1-2,6-12H2/t16-,17?/m1/s1. The minimum Gasteiger partial charge on any atom is -0.376 e. The Morgan fingerprint density at radius 2 is 1.95 bits per heavy atom. The van der Waals surface area contributed by atoms with Crippen LogP contribution in [0.1, 0.15) is 31.2 Å². The summed E-state index contributed by atoms with van der Waals surface area (Å²) in [5.41, 5.74) is 1.01. The molecule has 122 valence electrons. The third-order valence-corrected chi connectivity index (χ3v) is 6.36. The molecule has 0 aromatic heterocycles. The van der Waals surface area contributed by atoms with Gasteiger partial charge >= 0.3 is 0 Å². The molecule has 3 rings (SSSR count). The van der Waals surface area contributed by atoms with Crippen molar-refractivity contribution in [2.45, 2.75) is 44.2 Å². The minimum atomic E-state index is 0.369. The van der Waals surface area contributed by atoms with Crippen LogP contribution in [-0.2, 0) is 11.2 Å². The Morgan fingerprint density at radius 1 is 1.18 bits per heavy atom. The monoisotopic (exact) mass is 359 g/mol. The normalized spacial score (nSPS) is 26.5. The van der Waals surface area contributed by atoms with E-state index < -0.39 is 0 Å². The lowest BCUT2D eigenvalue weighted by Gasteiger charge is -2.37. The highest BCUT2D eigenvalue weighted by Crippen LogP contribution is 2.30. The fraction of sp³-hybridized carbons (Fsp3) is 0.647. The first kappa shape index (κ1) is 16.9. The van der Waals surface area contributed by atoms with Gasteiger partial charge in [0.1, 0.15) is 0 Å². The number of ether oxygens (including phenoxy) is 1. The lowest BCUT2D eigenvalue weighted by atomic mass is 9.91. The summed E-state index contributed by atoms with van der Waals surface area (Å²) in [7, 11) is 0. The molecule has 2 aliphatic rings. The fourth-order valence-corrected chi connectivity index (χ4v) is 5.10. The second-order valence-electron chi connectivity index (χ2n) is 6.06. The van der Waals surface area contributed by atoms with Crippen molar-refractivity contribution in [3.63, 3.8) is 0 Å². The van der Waals surface area contributed by atoms with Crippen LogP contribution in [0.5, 0.6) is 0 Å². The molecule has 0 bridgehead atoms. The number of nitrogens with zero attached hydrogens (tertiary/aromatic N) is 1. The number of benzene rings is 1. The molecule has 5 heteroatoms. The van der Waals surface area contributed by atoms with E-state index in [1.54, 1.807) is 0 Å². The molecule has 1 aromatic rings. The van der Waals surface area contributed by atoms with E-state index in [0.29, 0.717) is 18.8 Å². The zero-order valence-corrected chi connectivity index (χ0v) is 15.1. The summed E-state index contributed by atoms with van der Waals surface area (Å²) in [6.07, 6.45) is 6.24. The minimum absolute atomic E-state index is 0.369. The van der Waals surface area contributed by atoms with Crippen LogP contribution in [0.25, 0.3) is 0 Å². The summed E-state index contributed by atoms with van der Waals surface area (Å²) < 4.78 is 6.25. The van der Waals surface area contributed by atoms with Crippen LogP contribution < -0.4 is 0 Å². The van der Waals surface area contributed by atoms with E-state index in [-0.39, 0.29) is 0 Å². The average molecular weight is 360 g/mol. The molecular formula is C17H23Cl2NOS. The summed E-state index contributed by atoms with van der Waals surface area (Å²) in [6.45, 7) is 1.91. The second kappa shape index (κ2) is 8.25. The predicted octanol–water partition coefficient (Wildman–Crippen LogP) is 4.87. The number of rotatable bonds is 5. The van der Waals surface area contributed by atoms with Gasteiger partial charge in [0.05, 0.1) is 12.7 Å². The van der Waals surface area contributed by atoms with E-state index in [1.165, 1.54) is 43.9 Å². The lowest BCUT2D eigenvalue weighted by Crippen LogP contribution is -2.45. The highest BCUT2D eigenvalue weighted by Gasteiger charge is 2.32. The first-order valence-corrected chi connectivity index (χ1v) is 10.0. The Labute approximate surface area is 147 Å². The average Bonchev–Trinajstić information content (AvgIpc) is 3.05. The van der Waals surface area contributed by atoms with Gasteiger partial charge in [-0.15, -0.1) is 11.8 Å². The van der Waals surface area contributed by atoms with E-state index in [2.05, 4.69) is 4.90 Å². The molecule has 1 heterocycles. The van der Waals surface area contributed by atoms with E-state index in [4.69, 9.17) is 27.9 Å². The Kier molecular flexibility index (Phi) is 6.34. The second-order valence-corrected chi connectivity index (χ2v) is 7.95. The van der Waals surface area contributed by atoms with Gasteiger partial charge in [0.2, 0.25) is 0 Å². The van der Waals surface area contributed by atoms with Crippen LogP contribution in [-0.4, -0.2) is 41.8 Å². The van der Waals surface area contributed by atoms with E-state index >= 15 is 0 Å². The molecule has 1 unspecified atom stereocenters. The molecule has 22 heavy (non-hydrogen) atoms. The van der Waals surface area contributed by atoms with Gasteiger partial charge < -0.3 is 4.74 Å². The molecule has 2 fully saturated rings. The Bertz CT molecular complexity index is 473. The first-order valence-electron chi connectivity index (χ1n) is 8.12. The summed E-state index contributed by atoms with van der Waals surface area (Å²) in [5.74, 6) is 2.43. The summed E-state index contributed by atoms with van der Waals surface area (Å²) >= 11 is 14.5. The first-order chi connectivity index (χ1) is 10.8. The van der Waals surface area contributed by atoms with Crippen molar-refractivity contribution in [2.75, 3.05) is 24.8 Å². The zero-order valence-electron chi connectivity index (χ0n) is 12.8. The molecule has 0 radical (unpaired) electrons. The van der Waals surface area contributed by atoms with Crippen molar-refractivity contribution in [3.05, 3.63) is 33.8 Å². The topological polar surface area (TPSA) is 12.5 Å². The van der Waals surface area contributed by atoms with Crippen LogP contribution >= 0.6 is 35.0 Å². The van der Waals surface area contributed by atoms with Gasteiger partial charge in [-0.2, -0.15) is 0 Å². The molecule has 0 spiro atoms. The smallest absolute Gasteiger partial charge is 0.0730 e. The number of thioether (sulfide) groups is 1. The largest absolute Gasteiger partial charge is 0.376 e. The molecule has 0 N–H and O–H groups in total. The maximum atomic E-state index is 6.25. The van der Waals surface area contributed by atoms with Crippen molar-refractivity contribution in [2.24, 2.45) is 0 Å². The Hall–Kier alpha value is 0.0700. The predicted molar refractivity (Wildman–Crippen MR) is 96.2 cm³/mol. The van der Waals surface area contributed by atoms with Crippen LogP contribution in [0.3, 0.4) is 0 Å². The number of halogens is 2. The van der Waals surface area contributed by atoms with E-state index in [1.807, 2.05) is 30.0 Å². The van der Waals surface area contributed by atoms with Crippen LogP contribution in [0, 0.1) is 0 Å². The van der Waals surface area contributed by atoms with Crippen LogP contribution in [0.4, 0.5) is 0 Å². The molecular weight excluding hydrogens is 337 g/mol. The van der Waals surface area contributed by atoms with Crippen LogP contribution in [0.15, 0.2) is 18.2 Å². The van der Waals surface area contributed by atoms with Crippen molar-refractivity contribution in [1.29, 1.82) is 0 Å². The molecule has 1 saturated carbocycles. The molecule has 1 aliphatic carbocycles. The van der Waals surface area contributed by atoms with E-state index in [0.717, 1.165) is 22.0 Å². The Morgan fingerprint density at radius 3 is 2.68 bits per heavy atom. The maximum Gasteiger partial charge on any atom is 0.0730 e. The van der Waals surface area contributed by atoms with Gasteiger partial charge in [-0.05, 0) is 37.0 Å². The fourth-order valence-electron chi connectivity index (χ4n) is 3.46. The number of hydrogen-bond acceptors (Lipinski definition) is 3. The quantitative estimate of drug-likeness (QED) is 0.743. The lowest BCUT2D eigenvalue weighted by molar-refractivity contribution is -0.0270. The molecule has 2 nitrogen and oxygen atoms in total. The maximum absolute atomic E-state index is 6.25. The van der Waals surface area contributed by atoms with Crippen molar-refractivity contribution >= 4 is 35.0 Å². The number of hydrogen-bond donors (Lipinski definition) is 0. The molecule has 0 amide bonds. The summed E-state index contributed by atoms with van der Waals surface area (Å²) in [4.78, 5) is 2.61. The van der Waals surface area contributed by atoms with Crippen molar-refractivity contribution < 1.29 is 4.74 Å². The molecule has 1 aromatic carbocycles. The molecule has 1 saturated heterocycles. The van der Waals surface area contributed by atoms with E-state index in [9.17, 15) is 0 Å². The zero-order chi connectivity index (χ0) is 15.4. The van der Waals surface area contributed by atoms with Gasteiger partial charge in [-0.25, -0.2) is 0 Å². The van der Waals surface area contributed by atoms with Gasteiger partial charge in [0.25, 0.3) is 0 Å². The van der Waals surface area contributed by atoms with Gasteiger partial charge in [0.15, 0.2) is 0 Å². The van der Waals surface area contributed by atoms with Crippen LogP contribution in [0.2, 0.25) is 10.0 Å². The van der Waals surface area contributed by atoms with Crippen molar-refractivity contribution in [1.82, 2.24) is 4.90 Å². The SMILES string of the molecule is Clc1cccc(Cl)c1CCOC1CCCC[C@H]1N1CCSC1. The van der Waals surface area contributed by atoms with Crippen molar-refractivity contribution in [3.8, 4) is 0 Å². The van der Waals surface area contributed by atoms with Gasteiger partial charge in [-0.1, -0.05) is 42.1 Å². The third-order valence-electron chi connectivity index (χ3n) is 4.66. The summed E-state index contributed by atoms with van der Waals surface area (Å²) in [6, 6.07) is 6.28. The highest BCUT2D eigenvalue weighted by atomic mass is 35.5. The Balaban J connectivity index is 1.55. The van der Waals surface area contributed by atoms with Gasteiger partial charge in [0, 0.05) is 34.3 Å². The molecule has 2 atom stereocenters. The summed E-state index contributed by atoms with van der Waals surface area (Å²) in [5, 5.41) is 1.49. The van der Waals surface area contributed by atoms with Gasteiger partial charge in [-0.3, -0.25) is 4.90 Å². The highest BCUT2D eigenvalue weighted by molar-refractivity contribution is 7.99. The molecule has 1 aliphatic heterocycles. The third kappa shape index (κ3) is 4.12.